The Hall–Kier alpha value is -1.26. The zero-order valence-electron chi connectivity index (χ0n) is 9.19. The van der Waals surface area contributed by atoms with Gasteiger partial charge in [-0.3, -0.25) is 9.59 Å². The standard InChI is InChI=1S/C14H8Br2O2/c15-10-5-4-9(7-17)12(6-10)11-2-1-3-14(16)13(11)8-18/h1-8H. The van der Waals surface area contributed by atoms with Crippen molar-refractivity contribution in [1.82, 2.24) is 0 Å². The van der Waals surface area contributed by atoms with E-state index in [1.165, 1.54) is 0 Å². The molecule has 0 spiro atoms. The van der Waals surface area contributed by atoms with Crippen LogP contribution in [0, 0.1) is 0 Å². The number of carbonyl (C=O) groups is 2. The zero-order valence-corrected chi connectivity index (χ0v) is 12.4. The van der Waals surface area contributed by atoms with E-state index in [-0.39, 0.29) is 0 Å². The Kier molecular flexibility index (Phi) is 4.09. The maximum absolute atomic E-state index is 11.2. The quantitative estimate of drug-likeness (QED) is 0.748. The van der Waals surface area contributed by atoms with E-state index in [1.807, 2.05) is 18.2 Å². The van der Waals surface area contributed by atoms with Crippen LogP contribution in [-0.4, -0.2) is 12.6 Å². The molecule has 2 nitrogen and oxygen atoms in total. The molecule has 2 aromatic carbocycles. The molecule has 2 rings (SSSR count). The molecule has 0 aliphatic carbocycles. The topological polar surface area (TPSA) is 34.1 Å². The summed E-state index contributed by atoms with van der Waals surface area (Å²) >= 11 is 6.71. The van der Waals surface area contributed by atoms with Crippen LogP contribution in [0.1, 0.15) is 20.7 Å². The van der Waals surface area contributed by atoms with E-state index in [0.717, 1.165) is 28.2 Å². The lowest BCUT2D eigenvalue weighted by Gasteiger charge is -2.09. The second-order valence-electron chi connectivity index (χ2n) is 3.67. The van der Waals surface area contributed by atoms with Crippen LogP contribution in [-0.2, 0) is 0 Å². The van der Waals surface area contributed by atoms with E-state index < -0.39 is 0 Å². The molecule has 4 heteroatoms. The van der Waals surface area contributed by atoms with E-state index in [0.29, 0.717) is 15.6 Å². The maximum atomic E-state index is 11.2. The molecule has 0 atom stereocenters. The molecule has 0 N–H and O–H groups in total. The first-order valence-corrected chi connectivity index (χ1v) is 6.74. The lowest BCUT2D eigenvalue weighted by molar-refractivity contribution is 0.111. The molecule has 0 saturated heterocycles. The molecule has 0 saturated carbocycles. The van der Waals surface area contributed by atoms with Gasteiger partial charge in [0.05, 0.1) is 0 Å². The number of rotatable bonds is 3. The molecule has 0 heterocycles. The van der Waals surface area contributed by atoms with Gasteiger partial charge in [-0.2, -0.15) is 0 Å². The van der Waals surface area contributed by atoms with Gasteiger partial charge in [0, 0.05) is 20.1 Å². The highest BCUT2D eigenvalue weighted by Crippen LogP contribution is 2.31. The van der Waals surface area contributed by atoms with E-state index in [9.17, 15) is 9.59 Å². The van der Waals surface area contributed by atoms with Crippen molar-refractivity contribution in [3.63, 3.8) is 0 Å². The van der Waals surface area contributed by atoms with E-state index in [2.05, 4.69) is 31.9 Å². The van der Waals surface area contributed by atoms with Crippen molar-refractivity contribution in [2.45, 2.75) is 0 Å². The van der Waals surface area contributed by atoms with Crippen molar-refractivity contribution in [3.8, 4) is 11.1 Å². The predicted octanol–water partition coefficient (Wildman–Crippen LogP) is 4.50. The Balaban J connectivity index is 2.76. The first-order chi connectivity index (χ1) is 8.67. The Morgan fingerprint density at radius 3 is 2.33 bits per heavy atom. The van der Waals surface area contributed by atoms with Gasteiger partial charge in [0.2, 0.25) is 0 Å². The van der Waals surface area contributed by atoms with Gasteiger partial charge in [-0.05, 0) is 35.4 Å². The average molecular weight is 368 g/mol. The Labute approximate surface area is 121 Å². The lowest BCUT2D eigenvalue weighted by atomic mass is 9.96. The van der Waals surface area contributed by atoms with Gasteiger partial charge in [0.15, 0.2) is 12.6 Å². The summed E-state index contributed by atoms with van der Waals surface area (Å²) < 4.78 is 1.58. The number of carbonyl (C=O) groups excluding carboxylic acids is 2. The smallest absolute Gasteiger partial charge is 0.151 e. The van der Waals surface area contributed by atoms with Gasteiger partial charge < -0.3 is 0 Å². The van der Waals surface area contributed by atoms with Crippen LogP contribution in [0.15, 0.2) is 45.3 Å². The number of benzene rings is 2. The highest BCUT2D eigenvalue weighted by atomic mass is 79.9. The van der Waals surface area contributed by atoms with E-state index >= 15 is 0 Å². The molecule has 0 radical (unpaired) electrons. The molecular formula is C14H8Br2O2. The maximum Gasteiger partial charge on any atom is 0.151 e. The van der Waals surface area contributed by atoms with Gasteiger partial charge >= 0.3 is 0 Å². The normalized spacial score (nSPS) is 10.1. The lowest BCUT2D eigenvalue weighted by Crippen LogP contribution is -1.93. The molecule has 0 aliphatic rings. The molecule has 0 fully saturated rings. The minimum atomic E-state index is 0.540. The molecule has 0 bridgehead atoms. The van der Waals surface area contributed by atoms with Gasteiger partial charge in [-0.1, -0.05) is 44.0 Å². The molecule has 0 unspecified atom stereocenters. The third-order valence-corrected chi connectivity index (χ3v) is 3.79. The van der Waals surface area contributed by atoms with Crippen LogP contribution in [0.5, 0.6) is 0 Å². The fourth-order valence-corrected chi connectivity index (χ4v) is 2.58. The number of aldehydes is 2. The van der Waals surface area contributed by atoms with E-state index in [1.54, 1.807) is 18.2 Å². The van der Waals surface area contributed by atoms with Crippen molar-refractivity contribution < 1.29 is 9.59 Å². The SMILES string of the molecule is O=Cc1ccc(Br)cc1-c1cccc(Br)c1C=O. The molecule has 2 aromatic rings. The molecule has 0 amide bonds. The largest absolute Gasteiger partial charge is 0.298 e. The van der Waals surface area contributed by atoms with Crippen molar-refractivity contribution >= 4 is 44.4 Å². The molecule has 18 heavy (non-hydrogen) atoms. The van der Waals surface area contributed by atoms with Crippen molar-refractivity contribution in [2.24, 2.45) is 0 Å². The van der Waals surface area contributed by atoms with Gasteiger partial charge in [0.25, 0.3) is 0 Å². The van der Waals surface area contributed by atoms with Crippen molar-refractivity contribution in [3.05, 3.63) is 56.5 Å². The summed E-state index contributed by atoms with van der Waals surface area (Å²) in [7, 11) is 0. The van der Waals surface area contributed by atoms with Crippen LogP contribution in [0.25, 0.3) is 11.1 Å². The van der Waals surface area contributed by atoms with Gasteiger partial charge in [-0.25, -0.2) is 0 Å². The first kappa shape index (κ1) is 13.2. The van der Waals surface area contributed by atoms with Crippen LogP contribution in [0.2, 0.25) is 0 Å². The summed E-state index contributed by atoms with van der Waals surface area (Å²) in [5, 5.41) is 0. The predicted molar refractivity (Wildman–Crippen MR) is 78.1 cm³/mol. The van der Waals surface area contributed by atoms with Crippen LogP contribution < -0.4 is 0 Å². The summed E-state index contributed by atoms with van der Waals surface area (Å²) in [5.41, 5.74) is 2.57. The minimum absolute atomic E-state index is 0.540. The molecule has 0 aliphatic heterocycles. The Morgan fingerprint density at radius 1 is 0.889 bits per heavy atom. The van der Waals surface area contributed by atoms with Crippen molar-refractivity contribution in [2.75, 3.05) is 0 Å². The number of halogens is 2. The second kappa shape index (κ2) is 5.59. The Bertz CT molecular complexity index is 621. The molecule has 0 aromatic heterocycles. The summed E-state index contributed by atoms with van der Waals surface area (Å²) in [6, 6.07) is 10.8. The third-order valence-electron chi connectivity index (χ3n) is 2.60. The second-order valence-corrected chi connectivity index (χ2v) is 5.44. The summed E-state index contributed by atoms with van der Waals surface area (Å²) in [6.07, 6.45) is 1.58. The third kappa shape index (κ3) is 2.44. The molecule has 90 valence electrons. The Morgan fingerprint density at radius 2 is 1.67 bits per heavy atom. The first-order valence-electron chi connectivity index (χ1n) is 5.16. The van der Waals surface area contributed by atoms with Gasteiger partial charge in [0.1, 0.15) is 0 Å². The number of hydrogen-bond donors (Lipinski definition) is 0. The highest BCUT2D eigenvalue weighted by Gasteiger charge is 2.11. The van der Waals surface area contributed by atoms with Crippen LogP contribution in [0.4, 0.5) is 0 Å². The summed E-state index contributed by atoms with van der Waals surface area (Å²) in [6.45, 7) is 0. The zero-order chi connectivity index (χ0) is 13.1. The fourth-order valence-electron chi connectivity index (χ4n) is 1.76. The monoisotopic (exact) mass is 366 g/mol. The van der Waals surface area contributed by atoms with Crippen molar-refractivity contribution in [1.29, 1.82) is 0 Å². The average Bonchev–Trinajstić information content (AvgIpc) is 2.38. The highest BCUT2D eigenvalue weighted by molar-refractivity contribution is 9.10. The molecular weight excluding hydrogens is 360 g/mol. The van der Waals surface area contributed by atoms with Gasteiger partial charge in [-0.15, -0.1) is 0 Å². The summed E-state index contributed by atoms with van der Waals surface area (Å²) in [4.78, 5) is 22.3. The summed E-state index contributed by atoms with van der Waals surface area (Å²) in [5.74, 6) is 0. The van der Waals surface area contributed by atoms with Crippen LogP contribution in [0.3, 0.4) is 0 Å². The minimum Gasteiger partial charge on any atom is -0.298 e. The van der Waals surface area contributed by atoms with Crippen LogP contribution >= 0.6 is 31.9 Å². The fraction of sp³-hybridized carbons (Fsp3) is 0. The van der Waals surface area contributed by atoms with E-state index in [4.69, 9.17) is 0 Å². The number of hydrogen-bond acceptors (Lipinski definition) is 2.